The summed E-state index contributed by atoms with van der Waals surface area (Å²) < 4.78 is 35.3. The number of fused-ring (bicyclic) bond motifs is 1. The van der Waals surface area contributed by atoms with Gasteiger partial charge in [-0.1, -0.05) is 30.4 Å². The van der Waals surface area contributed by atoms with Gasteiger partial charge in [-0.25, -0.2) is 8.42 Å². The third-order valence-corrected chi connectivity index (χ3v) is 8.65. The summed E-state index contributed by atoms with van der Waals surface area (Å²) in [5.74, 6) is 0.587. The number of amides is 1. The maximum atomic E-state index is 13.2. The highest BCUT2D eigenvalue weighted by molar-refractivity contribution is 7.89. The SMILES string of the molecule is CCCn1c(=O)sc2cc(S(=O)(=O)N3CCN(C(=O)/C=C/c4ccc(OC)cc4)CC3)ccc21. The van der Waals surface area contributed by atoms with Crippen molar-refractivity contribution in [1.82, 2.24) is 13.8 Å². The maximum absolute atomic E-state index is 13.2. The van der Waals surface area contributed by atoms with Crippen LogP contribution in [-0.2, 0) is 21.4 Å². The smallest absolute Gasteiger partial charge is 0.308 e. The number of thiazole rings is 1. The Kier molecular flexibility index (Phi) is 7.20. The first-order valence-corrected chi connectivity index (χ1v) is 13.3. The number of nitrogens with zero attached hydrogens (tertiary/aromatic N) is 3. The molecule has 10 heteroatoms. The van der Waals surface area contributed by atoms with Crippen molar-refractivity contribution in [3.63, 3.8) is 0 Å². The van der Waals surface area contributed by atoms with E-state index in [4.69, 9.17) is 4.74 Å². The molecule has 1 fully saturated rings. The number of methoxy groups -OCH3 is 1. The Morgan fingerprint density at radius 2 is 1.79 bits per heavy atom. The van der Waals surface area contributed by atoms with Crippen LogP contribution in [0.1, 0.15) is 18.9 Å². The van der Waals surface area contributed by atoms with Crippen molar-refractivity contribution in [2.45, 2.75) is 24.8 Å². The zero-order valence-electron chi connectivity index (χ0n) is 19.1. The summed E-state index contributed by atoms with van der Waals surface area (Å²) in [7, 11) is -2.12. The van der Waals surface area contributed by atoms with Gasteiger partial charge in [0.25, 0.3) is 0 Å². The Morgan fingerprint density at radius 3 is 2.44 bits per heavy atom. The first kappa shape index (κ1) is 24.2. The predicted molar refractivity (Wildman–Crippen MR) is 134 cm³/mol. The number of hydrogen-bond acceptors (Lipinski definition) is 6. The van der Waals surface area contributed by atoms with Crippen molar-refractivity contribution in [1.29, 1.82) is 0 Å². The van der Waals surface area contributed by atoms with Gasteiger partial charge >= 0.3 is 4.87 Å². The number of rotatable bonds is 7. The molecule has 1 aliphatic rings. The highest BCUT2D eigenvalue weighted by Gasteiger charge is 2.30. The van der Waals surface area contributed by atoms with E-state index in [0.29, 0.717) is 24.3 Å². The average molecular weight is 502 g/mol. The minimum Gasteiger partial charge on any atom is -0.497 e. The van der Waals surface area contributed by atoms with Crippen LogP contribution < -0.4 is 9.61 Å². The lowest BCUT2D eigenvalue weighted by molar-refractivity contribution is -0.127. The minimum absolute atomic E-state index is 0.0822. The molecule has 0 radical (unpaired) electrons. The van der Waals surface area contributed by atoms with Gasteiger partial charge in [0, 0.05) is 38.8 Å². The van der Waals surface area contributed by atoms with Gasteiger partial charge in [0.2, 0.25) is 15.9 Å². The topological polar surface area (TPSA) is 88.9 Å². The molecule has 4 rings (SSSR count). The zero-order valence-corrected chi connectivity index (χ0v) is 20.8. The Labute approximate surface area is 202 Å². The fraction of sp³-hybridized carbons (Fsp3) is 0.333. The highest BCUT2D eigenvalue weighted by Crippen LogP contribution is 2.25. The summed E-state index contributed by atoms with van der Waals surface area (Å²) in [5, 5.41) is 0. The quantitative estimate of drug-likeness (QED) is 0.465. The molecule has 1 aromatic heterocycles. The highest BCUT2D eigenvalue weighted by atomic mass is 32.2. The summed E-state index contributed by atoms with van der Waals surface area (Å²) in [6.07, 6.45) is 4.06. The van der Waals surface area contributed by atoms with Crippen molar-refractivity contribution in [2.24, 2.45) is 0 Å². The molecule has 0 aliphatic carbocycles. The van der Waals surface area contributed by atoms with Crippen LogP contribution in [0.3, 0.4) is 0 Å². The van der Waals surface area contributed by atoms with Crippen LogP contribution in [0.15, 0.2) is 58.2 Å². The van der Waals surface area contributed by atoms with E-state index < -0.39 is 10.0 Å². The Hall–Kier alpha value is -2.95. The third-order valence-electron chi connectivity index (χ3n) is 5.81. The lowest BCUT2D eigenvalue weighted by atomic mass is 10.2. The van der Waals surface area contributed by atoms with Crippen LogP contribution in [0.25, 0.3) is 16.3 Å². The summed E-state index contributed by atoms with van der Waals surface area (Å²) in [6, 6.07) is 12.2. The summed E-state index contributed by atoms with van der Waals surface area (Å²) >= 11 is 1.06. The normalized spacial score (nSPS) is 15.3. The van der Waals surface area contributed by atoms with E-state index in [9.17, 15) is 18.0 Å². The number of hydrogen-bond donors (Lipinski definition) is 0. The minimum atomic E-state index is -3.72. The van der Waals surface area contributed by atoms with Gasteiger partial charge in [-0.05, 0) is 48.4 Å². The number of aromatic nitrogens is 1. The van der Waals surface area contributed by atoms with Crippen molar-refractivity contribution in [2.75, 3.05) is 33.3 Å². The zero-order chi connectivity index (χ0) is 24.3. The molecule has 3 aromatic rings. The van der Waals surface area contributed by atoms with Gasteiger partial charge in [0.15, 0.2) is 0 Å². The number of piperazine rings is 1. The molecule has 0 saturated carbocycles. The van der Waals surface area contributed by atoms with Crippen molar-refractivity contribution in [3.05, 3.63) is 63.8 Å². The number of carbonyl (C=O) groups excluding carboxylic acids is 1. The van der Waals surface area contributed by atoms with E-state index in [1.54, 1.807) is 40.9 Å². The van der Waals surface area contributed by atoms with Gasteiger partial charge in [0.1, 0.15) is 5.75 Å². The van der Waals surface area contributed by atoms with E-state index in [-0.39, 0.29) is 28.8 Å². The Balaban J connectivity index is 1.42. The second-order valence-corrected chi connectivity index (χ2v) is 10.9. The first-order valence-electron chi connectivity index (χ1n) is 11.1. The van der Waals surface area contributed by atoms with Gasteiger partial charge < -0.3 is 9.64 Å². The second kappa shape index (κ2) is 10.1. The van der Waals surface area contributed by atoms with E-state index in [1.165, 1.54) is 10.4 Å². The molecular weight excluding hydrogens is 474 g/mol. The number of sulfonamides is 1. The molecule has 180 valence electrons. The molecule has 1 aliphatic heterocycles. The molecule has 2 aromatic carbocycles. The van der Waals surface area contributed by atoms with Crippen molar-refractivity contribution < 1.29 is 17.9 Å². The van der Waals surface area contributed by atoms with E-state index in [1.807, 2.05) is 31.2 Å². The van der Waals surface area contributed by atoms with Crippen LogP contribution in [0.2, 0.25) is 0 Å². The lowest BCUT2D eigenvalue weighted by Crippen LogP contribution is -2.50. The summed E-state index contributed by atoms with van der Waals surface area (Å²) in [6.45, 7) is 3.66. The second-order valence-electron chi connectivity index (χ2n) is 7.99. The molecule has 0 bridgehead atoms. The van der Waals surface area contributed by atoms with Gasteiger partial charge in [-0.15, -0.1) is 0 Å². The van der Waals surface area contributed by atoms with E-state index in [0.717, 1.165) is 34.6 Å². The van der Waals surface area contributed by atoms with E-state index >= 15 is 0 Å². The first-order chi connectivity index (χ1) is 16.3. The van der Waals surface area contributed by atoms with Gasteiger partial charge in [-0.2, -0.15) is 4.31 Å². The fourth-order valence-electron chi connectivity index (χ4n) is 3.93. The number of ether oxygens (including phenoxy) is 1. The lowest BCUT2D eigenvalue weighted by Gasteiger charge is -2.33. The predicted octanol–water partition coefficient (Wildman–Crippen LogP) is 3.03. The van der Waals surface area contributed by atoms with Crippen LogP contribution in [-0.4, -0.2) is 61.4 Å². The van der Waals surface area contributed by atoms with E-state index in [2.05, 4.69) is 0 Å². The van der Waals surface area contributed by atoms with Crippen LogP contribution in [0.4, 0.5) is 0 Å². The standard InChI is InChI=1S/C24H27N3O5S2/c1-3-12-27-21-10-9-20(17-22(21)33-24(27)29)34(30,31)26-15-13-25(14-16-26)23(28)11-6-18-4-7-19(32-2)8-5-18/h4-11,17H,3,12-16H2,1-2H3/b11-6+. The molecule has 8 nitrogen and oxygen atoms in total. The molecule has 2 heterocycles. The molecule has 1 saturated heterocycles. The maximum Gasteiger partial charge on any atom is 0.308 e. The molecule has 34 heavy (non-hydrogen) atoms. The molecule has 1 amide bonds. The number of carbonyl (C=O) groups is 1. The number of benzene rings is 2. The molecule has 0 N–H and O–H groups in total. The summed E-state index contributed by atoms with van der Waals surface area (Å²) in [5.41, 5.74) is 1.63. The van der Waals surface area contributed by atoms with Crippen LogP contribution >= 0.6 is 11.3 Å². The average Bonchev–Trinajstić information content (AvgIpc) is 3.17. The number of aryl methyl sites for hydroxylation is 1. The third kappa shape index (κ3) is 4.94. The fourth-order valence-corrected chi connectivity index (χ4v) is 6.41. The van der Waals surface area contributed by atoms with Gasteiger partial charge in [0.05, 0.1) is 22.2 Å². The van der Waals surface area contributed by atoms with Crippen molar-refractivity contribution in [3.8, 4) is 5.75 Å². The molecule has 0 atom stereocenters. The van der Waals surface area contributed by atoms with Crippen molar-refractivity contribution >= 4 is 43.6 Å². The Morgan fingerprint density at radius 1 is 1.09 bits per heavy atom. The van der Waals surface area contributed by atoms with Crippen LogP contribution in [0.5, 0.6) is 5.75 Å². The Bertz CT molecular complexity index is 1370. The monoisotopic (exact) mass is 501 g/mol. The molecule has 0 unspecified atom stereocenters. The van der Waals surface area contributed by atoms with Gasteiger partial charge in [-0.3, -0.25) is 14.2 Å². The summed E-state index contributed by atoms with van der Waals surface area (Å²) in [4.78, 5) is 26.5. The largest absolute Gasteiger partial charge is 0.497 e. The molecule has 0 spiro atoms. The van der Waals surface area contributed by atoms with Crippen LogP contribution in [0, 0.1) is 0 Å². The molecular formula is C24H27N3O5S2.